The largest absolute Gasteiger partial charge is 0.399 e. The second-order valence-corrected chi connectivity index (χ2v) is 4.22. The maximum absolute atomic E-state index is 12.1. The molecule has 0 fully saturated rings. The zero-order valence-electron chi connectivity index (χ0n) is 10.4. The van der Waals surface area contributed by atoms with E-state index in [-0.39, 0.29) is 5.91 Å². The van der Waals surface area contributed by atoms with Crippen LogP contribution in [-0.2, 0) is 6.54 Å². The second-order valence-electron chi connectivity index (χ2n) is 4.22. The lowest BCUT2D eigenvalue weighted by molar-refractivity contribution is 0.0782. The number of carbonyl (C=O) groups excluding carboxylic acids is 1. The van der Waals surface area contributed by atoms with Gasteiger partial charge >= 0.3 is 0 Å². The molecule has 94 valence electrons. The van der Waals surface area contributed by atoms with E-state index >= 15 is 0 Å². The molecular weight excluding hydrogens is 230 g/mol. The number of aryl methyl sites for hydroxylation is 1. The predicted octanol–water partition coefficient (Wildman–Crippen LogP) is 1.84. The third-order valence-electron chi connectivity index (χ3n) is 2.56. The quantitative estimate of drug-likeness (QED) is 0.837. The number of nitrogens with two attached hydrogens (primary N) is 1. The minimum atomic E-state index is -0.0945. The van der Waals surface area contributed by atoms with Crippen LogP contribution in [-0.4, -0.2) is 23.0 Å². The van der Waals surface area contributed by atoms with E-state index in [1.165, 1.54) is 0 Å². The van der Waals surface area contributed by atoms with Gasteiger partial charge in [0.05, 0.1) is 6.54 Å². The Kier molecular flexibility index (Phi) is 3.32. The fourth-order valence-electron chi connectivity index (χ4n) is 1.70. The van der Waals surface area contributed by atoms with Gasteiger partial charge in [-0.2, -0.15) is 0 Å². The molecule has 5 heteroatoms. The van der Waals surface area contributed by atoms with Crippen LogP contribution in [0.4, 0.5) is 5.69 Å². The van der Waals surface area contributed by atoms with Gasteiger partial charge in [-0.25, -0.2) is 0 Å². The highest BCUT2D eigenvalue weighted by atomic mass is 16.5. The number of aromatic nitrogens is 1. The van der Waals surface area contributed by atoms with Crippen molar-refractivity contribution in [1.82, 2.24) is 10.1 Å². The highest BCUT2D eigenvalue weighted by molar-refractivity contribution is 5.94. The lowest BCUT2D eigenvalue weighted by Gasteiger charge is -2.15. The van der Waals surface area contributed by atoms with Gasteiger partial charge in [-0.15, -0.1) is 0 Å². The van der Waals surface area contributed by atoms with Gasteiger partial charge in [-0.3, -0.25) is 4.79 Å². The molecule has 0 atom stereocenters. The van der Waals surface area contributed by atoms with Crippen LogP contribution in [0.25, 0.3) is 0 Å². The first-order valence-electron chi connectivity index (χ1n) is 5.59. The van der Waals surface area contributed by atoms with E-state index in [4.69, 9.17) is 10.3 Å². The van der Waals surface area contributed by atoms with Crippen LogP contribution in [0.1, 0.15) is 21.8 Å². The Hall–Kier alpha value is -2.30. The van der Waals surface area contributed by atoms with Crippen LogP contribution in [0.3, 0.4) is 0 Å². The van der Waals surface area contributed by atoms with Crippen molar-refractivity contribution in [3.63, 3.8) is 0 Å². The summed E-state index contributed by atoms with van der Waals surface area (Å²) in [5.41, 5.74) is 7.53. The van der Waals surface area contributed by atoms with E-state index in [9.17, 15) is 4.79 Å². The lowest BCUT2D eigenvalue weighted by Crippen LogP contribution is -2.26. The number of carbonyl (C=O) groups is 1. The minimum absolute atomic E-state index is 0.0945. The normalized spacial score (nSPS) is 10.3. The average Bonchev–Trinajstić information content (AvgIpc) is 2.73. The molecule has 1 amide bonds. The highest BCUT2D eigenvalue weighted by Crippen LogP contribution is 2.11. The number of nitrogens with zero attached hydrogens (tertiary/aromatic N) is 2. The number of anilines is 1. The van der Waals surface area contributed by atoms with E-state index in [1.807, 2.05) is 13.0 Å². The van der Waals surface area contributed by atoms with Gasteiger partial charge in [-0.1, -0.05) is 11.2 Å². The molecule has 0 bridgehead atoms. The summed E-state index contributed by atoms with van der Waals surface area (Å²) in [5.74, 6) is 0.637. The van der Waals surface area contributed by atoms with Gasteiger partial charge in [0, 0.05) is 24.4 Å². The van der Waals surface area contributed by atoms with E-state index < -0.39 is 0 Å². The molecule has 2 aromatic rings. The van der Waals surface area contributed by atoms with E-state index in [2.05, 4.69) is 5.16 Å². The van der Waals surface area contributed by atoms with Crippen molar-refractivity contribution in [2.45, 2.75) is 13.5 Å². The maximum atomic E-state index is 12.1. The average molecular weight is 245 g/mol. The van der Waals surface area contributed by atoms with Crippen LogP contribution in [0.5, 0.6) is 0 Å². The molecule has 0 radical (unpaired) electrons. The van der Waals surface area contributed by atoms with Crippen molar-refractivity contribution >= 4 is 11.6 Å². The van der Waals surface area contributed by atoms with Crippen molar-refractivity contribution < 1.29 is 9.32 Å². The summed E-state index contributed by atoms with van der Waals surface area (Å²) in [4.78, 5) is 13.7. The Labute approximate surface area is 105 Å². The second kappa shape index (κ2) is 4.91. The van der Waals surface area contributed by atoms with Crippen molar-refractivity contribution in [3.05, 3.63) is 47.3 Å². The summed E-state index contributed by atoms with van der Waals surface area (Å²) in [5, 5.41) is 3.86. The summed E-state index contributed by atoms with van der Waals surface area (Å²) < 4.78 is 4.96. The Bertz CT molecular complexity index is 563. The zero-order chi connectivity index (χ0) is 13.1. The molecular formula is C13H15N3O2. The Balaban J connectivity index is 2.09. The number of hydrogen-bond acceptors (Lipinski definition) is 4. The molecule has 0 aliphatic rings. The molecule has 1 heterocycles. The topological polar surface area (TPSA) is 72.4 Å². The summed E-state index contributed by atoms with van der Waals surface area (Å²) in [6, 6.07) is 8.72. The van der Waals surface area contributed by atoms with Gasteiger partial charge in [0.2, 0.25) is 0 Å². The summed E-state index contributed by atoms with van der Waals surface area (Å²) in [7, 11) is 1.72. The molecule has 18 heavy (non-hydrogen) atoms. The molecule has 5 nitrogen and oxygen atoms in total. The van der Waals surface area contributed by atoms with Crippen LogP contribution in [0.2, 0.25) is 0 Å². The van der Waals surface area contributed by atoms with Crippen molar-refractivity contribution in [1.29, 1.82) is 0 Å². The van der Waals surface area contributed by atoms with Gasteiger partial charge < -0.3 is 15.2 Å². The van der Waals surface area contributed by atoms with Crippen LogP contribution in [0, 0.1) is 6.92 Å². The number of nitrogen functional groups attached to an aromatic ring is 1. The molecule has 0 unspecified atom stereocenters. The first-order valence-corrected chi connectivity index (χ1v) is 5.59. The smallest absolute Gasteiger partial charge is 0.254 e. The summed E-state index contributed by atoms with van der Waals surface area (Å²) in [6.45, 7) is 2.22. The Morgan fingerprint density at radius 1 is 1.44 bits per heavy atom. The fraction of sp³-hybridized carbons (Fsp3) is 0.231. The third-order valence-corrected chi connectivity index (χ3v) is 2.56. The molecule has 1 aromatic carbocycles. The number of benzene rings is 1. The van der Waals surface area contributed by atoms with E-state index in [1.54, 1.807) is 36.2 Å². The van der Waals surface area contributed by atoms with E-state index in [0.717, 1.165) is 11.5 Å². The van der Waals surface area contributed by atoms with E-state index in [0.29, 0.717) is 17.8 Å². The number of amides is 1. The van der Waals surface area contributed by atoms with Crippen LogP contribution in [0.15, 0.2) is 34.9 Å². The lowest BCUT2D eigenvalue weighted by atomic mass is 10.2. The van der Waals surface area contributed by atoms with Gasteiger partial charge in [-0.05, 0) is 25.1 Å². The number of hydrogen-bond donors (Lipinski definition) is 1. The predicted molar refractivity (Wildman–Crippen MR) is 67.9 cm³/mol. The van der Waals surface area contributed by atoms with Gasteiger partial charge in [0.15, 0.2) is 0 Å². The third kappa shape index (κ3) is 2.68. The molecule has 2 N–H and O–H groups in total. The first-order chi connectivity index (χ1) is 8.56. The highest BCUT2D eigenvalue weighted by Gasteiger charge is 2.13. The molecule has 2 rings (SSSR count). The minimum Gasteiger partial charge on any atom is -0.399 e. The summed E-state index contributed by atoms with van der Waals surface area (Å²) >= 11 is 0. The van der Waals surface area contributed by atoms with Crippen LogP contribution < -0.4 is 5.73 Å². The molecule has 0 saturated carbocycles. The maximum Gasteiger partial charge on any atom is 0.254 e. The van der Waals surface area contributed by atoms with Crippen molar-refractivity contribution in [2.24, 2.45) is 0 Å². The molecule has 0 aliphatic carbocycles. The van der Waals surface area contributed by atoms with Gasteiger partial charge in [0.1, 0.15) is 11.5 Å². The molecule has 1 aromatic heterocycles. The molecule has 0 spiro atoms. The Morgan fingerprint density at radius 3 is 2.83 bits per heavy atom. The van der Waals surface area contributed by atoms with Crippen molar-refractivity contribution in [2.75, 3.05) is 12.8 Å². The van der Waals surface area contributed by atoms with Gasteiger partial charge in [0.25, 0.3) is 5.91 Å². The fourth-order valence-corrected chi connectivity index (χ4v) is 1.70. The number of rotatable bonds is 3. The standard InChI is InChI=1S/C13H15N3O2/c1-9-6-12(15-18-9)8-16(2)13(17)10-4-3-5-11(14)7-10/h3-7H,8,14H2,1-2H3. The zero-order valence-corrected chi connectivity index (χ0v) is 10.4. The first kappa shape index (κ1) is 12.2. The Morgan fingerprint density at radius 2 is 2.22 bits per heavy atom. The molecule has 0 saturated heterocycles. The molecule has 0 aliphatic heterocycles. The van der Waals surface area contributed by atoms with Crippen molar-refractivity contribution in [3.8, 4) is 0 Å². The SMILES string of the molecule is Cc1cc(CN(C)C(=O)c2cccc(N)c2)no1. The van der Waals surface area contributed by atoms with Crippen LogP contribution >= 0.6 is 0 Å². The monoisotopic (exact) mass is 245 g/mol. The summed E-state index contributed by atoms with van der Waals surface area (Å²) in [6.07, 6.45) is 0.